The number of nitrogens with zero attached hydrogens (tertiary/aromatic N) is 2. The van der Waals surface area contributed by atoms with Gasteiger partial charge in [-0.25, -0.2) is 0 Å². The van der Waals surface area contributed by atoms with Crippen LogP contribution in [0.2, 0.25) is 5.02 Å². The lowest BCUT2D eigenvalue weighted by atomic mass is 10.2. The highest BCUT2D eigenvalue weighted by molar-refractivity contribution is 6.31. The number of hydrogen-bond donors (Lipinski definition) is 1. The number of amides is 1. The highest BCUT2D eigenvalue weighted by atomic mass is 35.5. The fourth-order valence-electron chi connectivity index (χ4n) is 2.19. The lowest BCUT2D eigenvalue weighted by Gasteiger charge is -2.32. The molecule has 1 amide bonds. The first-order chi connectivity index (χ1) is 8.11. The van der Waals surface area contributed by atoms with Crippen LogP contribution in [0.15, 0.2) is 12.3 Å². The minimum atomic E-state index is 0.0760. The van der Waals surface area contributed by atoms with Gasteiger partial charge in [-0.1, -0.05) is 11.6 Å². The van der Waals surface area contributed by atoms with Gasteiger partial charge >= 0.3 is 0 Å². The van der Waals surface area contributed by atoms with E-state index in [0.717, 1.165) is 26.2 Å². The van der Waals surface area contributed by atoms with Gasteiger partial charge in [0.1, 0.15) is 5.69 Å². The van der Waals surface area contributed by atoms with Crippen LogP contribution in [0.3, 0.4) is 0 Å². The zero-order chi connectivity index (χ0) is 12.4. The molecule has 0 spiro atoms. The highest BCUT2D eigenvalue weighted by Gasteiger charge is 2.23. The first-order valence-corrected chi connectivity index (χ1v) is 6.38. The number of halogens is 1. The lowest BCUT2D eigenvalue weighted by molar-refractivity contribution is 0.0698. The third-order valence-electron chi connectivity index (χ3n) is 3.08. The van der Waals surface area contributed by atoms with E-state index in [1.807, 2.05) is 16.4 Å². The van der Waals surface area contributed by atoms with Crippen LogP contribution in [0.1, 0.15) is 24.3 Å². The van der Waals surface area contributed by atoms with Crippen molar-refractivity contribution in [3.8, 4) is 0 Å². The molecule has 0 radical (unpaired) electrons. The first kappa shape index (κ1) is 12.5. The van der Waals surface area contributed by atoms with Crippen LogP contribution < -0.4 is 5.32 Å². The van der Waals surface area contributed by atoms with E-state index in [1.54, 1.807) is 12.3 Å². The number of carbonyl (C=O) groups excluding carboxylic acids is 1. The Morgan fingerprint density at radius 3 is 3.06 bits per heavy atom. The molecule has 1 N–H and O–H groups in total. The SMILES string of the molecule is CCn1cc(Cl)cc1C(=O)N1CCN[C@@H](C)C1. The summed E-state index contributed by atoms with van der Waals surface area (Å²) in [5.74, 6) is 0.0760. The van der Waals surface area contributed by atoms with Crippen LogP contribution in [0, 0.1) is 0 Å². The molecule has 94 valence electrons. The average Bonchev–Trinajstić information content (AvgIpc) is 2.69. The Morgan fingerprint density at radius 2 is 2.41 bits per heavy atom. The minimum Gasteiger partial charge on any atom is -0.342 e. The maximum atomic E-state index is 12.4. The fraction of sp³-hybridized carbons (Fsp3) is 0.583. The summed E-state index contributed by atoms with van der Waals surface area (Å²) in [5, 5.41) is 3.95. The van der Waals surface area contributed by atoms with Crippen LogP contribution in [0.5, 0.6) is 0 Å². The number of carbonyl (C=O) groups is 1. The Labute approximate surface area is 107 Å². The zero-order valence-electron chi connectivity index (χ0n) is 10.2. The van der Waals surface area contributed by atoms with Gasteiger partial charge in [-0.05, 0) is 19.9 Å². The van der Waals surface area contributed by atoms with E-state index >= 15 is 0 Å². The monoisotopic (exact) mass is 255 g/mol. The Morgan fingerprint density at radius 1 is 1.65 bits per heavy atom. The molecule has 1 aromatic heterocycles. The molecule has 0 unspecified atom stereocenters. The molecular formula is C12H18ClN3O. The van der Waals surface area contributed by atoms with Crippen molar-refractivity contribution >= 4 is 17.5 Å². The quantitative estimate of drug-likeness (QED) is 0.872. The Kier molecular flexibility index (Phi) is 3.74. The Hall–Kier alpha value is -1.00. The van der Waals surface area contributed by atoms with E-state index < -0.39 is 0 Å². The standard InChI is InChI=1S/C12H18ClN3O/c1-3-15-8-10(13)6-11(15)12(17)16-5-4-14-9(2)7-16/h6,8-9,14H,3-5,7H2,1-2H3/t9-/m0/s1. The normalized spacial score (nSPS) is 20.6. The molecule has 2 heterocycles. The second kappa shape index (κ2) is 5.10. The van der Waals surface area contributed by atoms with Crippen molar-refractivity contribution in [2.24, 2.45) is 0 Å². The van der Waals surface area contributed by atoms with E-state index in [2.05, 4.69) is 12.2 Å². The predicted octanol–water partition coefficient (Wildman–Crippen LogP) is 1.60. The number of piperazine rings is 1. The molecule has 0 bridgehead atoms. The number of aryl methyl sites for hydroxylation is 1. The summed E-state index contributed by atoms with van der Waals surface area (Å²) in [5.41, 5.74) is 0.687. The van der Waals surface area contributed by atoms with E-state index in [-0.39, 0.29) is 5.91 Å². The largest absolute Gasteiger partial charge is 0.342 e. The van der Waals surface area contributed by atoms with Gasteiger partial charge in [-0.2, -0.15) is 0 Å². The molecule has 1 aliphatic rings. The third kappa shape index (κ3) is 2.64. The number of hydrogen-bond acceptors (Lipinski definition) is 2. The Bertz CT molecular complexity index is 416. The second-order valence-electron chi connectivity index (χ2n) is 4.44. The van der Waals surface area contributed by atoms with Crippen LogP contribution in [-0.2, 0) is 6.54 Å². The van der Waals surface area contributed by atoms with Gasteiger partial charge in [0.2, 0.25) is 0 Å². The second-order valence-corrected chi connectivity index (χ2v) is 4.87. The van der Waals surface area contributed by atoms with Crippen molar-refractivity contribution in [2.45, 2.75) is 26.4 Å². The molecule has 0 aliphatic carbocycles. The minimum absolute atomic E-state index is 0.0760. The van der Waals surface area contributed by atoms with Gasteiger partial charge in [0.25, 0.3) is 5.91 Å². The summed E-state index contributed by atoms with van der Waals surface area (Å²) in [7, 11) is 0. The molecule has 4 nitrogen and oxygen atoms in total. The van der Waals surface area contributed by atoms with Crippen molar-refractivity contribution < 1.29 is 4.79 Å². The molecule has 1 saturated heterocycles. The molecule has 1 aliphatic heterocycles. The molecule has 2 rings (SSSR count). The molecule has 0 saturated carbocycles. The molecule has 17 heavy (non-hydrogen) atoms. The predicted molar refractivity (Wildman–Crippen MR) is 68.5 cm³/mol. The number of aromatic nitrogens is 1. The number of rotatable bonds is 2. The van der Waals surface area contributed by atoms with Crippen molar-refractivity contribution in [2.75, 3.05) is 19.6 Å². The average molecular weight is 256 g/mol. The Balaban J connectivity index is 2.18. The van der Waals surface area contributed by atoms with E-state index in [4.69, 9.17) is 11.6 Å². The molecular weight excluding hydrogens is 238 g/mol. The maximum Gasteiger partial charge on any atom is 0.270 e. The van der Waals surface area contributed by atoms with Crippen LogP contribution >= 0.6 is 11.6 Å². The van der Waals surface area contributed by atoms with Crippen LogP contribution in [-0.4, -0.2) is 41.1 Å². The third-order valence-corrected chi connectivity index (χ3v) is 3.29. The van der Waals surface area contributed by atoms with Gasteiger partial charge in [0.15, 0.2) is 0 Å². The zero-order valence-corrected chi connectivity index (χ0v) is 11.0. The molecule has 1 aromatic rings. The molecule has 0 aromatic carbocycles. The molecule has 5 heteroatoms. The van der Waals surface area contributed by atoms with E-state index in [1.165, 1.54) is 0 Å². The summed E-state index contributed by atoms with van der Waals surface area (Å²) in [6.45, 7) is 7.22. The fourth-order valence-corrected chi connectivity index (χ4v) is 2.42. The van der Waals surface area contributed by atoms with E-state index in [9.17, 15) is 4.79 Å². The molecule has 1 fully saturated rings. The highest BCUT2D eigenvalue weighted by Crippen LogP contribution is 2.16. The van der Waals surface area contributed by atoms with Gasteiger partial charge in [0.05, 0.1) is 5.02 Å². The van der Waals surface area contributed by atoms with E-state index in [0.29, 0.717) is 16.8 Å². The van der Waals surface area contributed by atoms with Crippen molar-refractivity contribution in [1.82, 2.24) is 14.8 Å². The summed E-state index contributed by atoms with van der Waals surface area (Å²) in [6, 6.07) is 2.10. The summed E-state index contributed by atoms with van der Waals surface area (Å²) in [6.07, 6.45) is 1.81. The molecule has 1 atom stereocenters. The summed E-state index contributed by atoms with van der Waals surface area (Å²) >= 11 is 5.95. The van der Waals surface area contributed by atoms with Crippen LogP contribution in [0.4, 0.5) is 0 Å². The van der Waals surface area contributed by atoms with Gasteiger partial charge < -0.3 is 14.8 Å². The van der Waals surface area contributed by atoms with Gasteiger partial charge in [0, 0.05) is 38.4 Å². The van der Waals surface area contributed by atoms with Gasteiger partial charge in [-0.15, -0.1) is 0 Å². The number of nitrogens with one attached hydrogen (secondary N) is 1. The lowest BCUT2D eigenvalue weighted by Crippen LogP contribution is -2.51. The smallest absolute Gasteiger partial charge is 0.270 e. The van der Waals surface area contributed by atoms with Crippen LogP contribution in [0.25, 0.3) is 0 Å². The topological polar surface area (TPSA) is 37.3 Å². The first-order valence-electron chi connectivity index (χ1n) is 6.00. The van der Waals surface area contributed by atoms with Crippen molar-refractivity contribution in [3.05, 3.63) is 23.0 Å². The van der Waals surface area contributed by atoms with Crippen molar-refractivity contribution in [3.63, 3.8) is 0 Å². The van der Waals surface area contributed by atoms with Gasteiger partial charge in [-0.3, -0.25) is 4.79 Å². The maximum absolute atomic E-state index is 12.4. The summed E-state index contributed by atoms with van der Waals surface area (Å²) in [4.78, 5) is 14.2. The van der Waals surface area contributed by atoms with Crippen molar-refractivity contribution in [1.29, 1.82) is 0 Å². The summed E-state index contributed by atoms with van der Waals surface area (Å²) < 4.78 is 1.90.